The Morgan fingerprint density at radius 3 is 1.57 bits per heavy atom. The molecule has 0 unspecified atom stereocenters. The fourth-order valence-corrected chi connectivity index (χ4v) is 3.85. The molecule has 0 bridgehead atoms. The maximum absolute atomic E-state index is 13.3. The summed E-state index contributed by atoms with van der Waals surface area (Å²) in [6.07, 6.45) is -2.52. The molecule has 0 fully saturated rings. The third-order valence-electron chi connectivity index (χ3n) is 5.96. The number of benzene rings is 4. The van der Waals surface area contributed by atoms with Crippen LogP contribution in [0, 0.1) is 11.3 Å². The summed E-state index contributed by atoms with van der Waals surface area (Å²) in [5.41, 5.74) is 2.20. The van der Waals surface area contributed by atoms with Crippen molar-refractivity contribution >= 4 is 41.2 Å². The number of nitrogens with zero attached hydrogens (tertiary/aromatic N) is 1. The normalized spacial score (nSPS) is 12.2. The molecule has 0 aliphatic heterocycles. The van der Waals surface area contributed by atoms with E-state index in [0.717, 1.165) is 5.56 Å². The van der Waals surface area contributed by atoms with Gasteiger partial charge in [-0.2, -0.15) is 5.26 Å². The number of rotatable bonds is 10. The Kier molecular flexibility index (Phi) is 9.57. The zero-order valence-corrected chi connectivity index (χ0v) is 22.0. The first kappa shape index (κ1) is 29.0. The first-order valence-corrected chi connectivity index (χ1v) is 12.7. The molecule has 4 aromatic carbocycles. The Hall–Kier alpha value is -6.01. The second-order valence-electron chi connectivity index (χ2n) is 8.87. The Morgan fingerprint density at radius 1 is 0.667 bits per heavy atom. The topological polar surface area (TPSA) is 143 Å². The van der Waals surface area contributed by atoms with Gasteiger partial charge in [-0.15, -0.1) is 0 Å². The number of hydrogen-bond acceptors (Lipinski definition) is 7. The van der Waals surface area contributed by atoms with Crippen LogP contribution >= 0.6 is 0 Å². The number of aliphatic carboxylic acids is 1. The van der Waals surface area contributed by atoms with Gasteiger partial charge in [-0.1, -0.05) is 78.9 Å². The van der Waals surface area contributed by atoms with Crippen molar-refractivity contribution in [2.45, 2.75) is 12.2 Å². The summed E-state index contributed by atoms with van der Waals surface area (Å²) in [4.78, 5) is 51.0. The summed E-state index contributed by atoms with van der Waals surface area (Å²) < 4.78 is 10.5. The highest BCUT2D eigenvalue weighted by Crippen LogP contribution is 2.20. The van der Waals surface area contributed by atoms with E-state index in [2.05, 4.69) is 11.4 Å². The lowest BCUT2D eigenvalue weighted by atomic mass is 10.0. The molecule has 2 atom stereocenters. The number of nitrogens with one attached hydrogen (secondary N) is 1. The number of hydrogen-bond donors (Lipinski definition) is 2. The van der Waals surface area contributed by atoms with Crippen molar-refractivity contribution in [3.63, 3.8) is 0 Å². The molecule has 0 aliphatic rings. The first-order valence-electron chi connectivity index (χ1n) is 12.7. The smallest absolute Gasteiger partial charge is 0.349 e. The fourth-order valence-electron chi connectivity index (χ4n) is 3.85. The van der Waals surface area contributed by atoms with Gasteiger partial charge in [0.15, 0.2) is 0 Å². The molecule has 0 aromatic heterocycles. The summed E-state index contributed by atoms with van der Waals surface area (Å²) in [6.45, 7) is 0. The van der Waals surface area contributed by atoms with Gasteiger partial charge in [0.25, 0.3) is 5.91 Å². The van der Waals surface area contributed by atoms with E-state index in [1.165, 1.54) is 36.4 Å². The minimum absolute atomic E-state index is 0.0492. The van der Waals surface area contributed by atoms with E-state index in [9.17, 15) is 29.5 Å². The van der Waals surface area contributed by atoms with Gasteiger partial charge in [0, 0.05) is 5.69 Å². The molecule has 0 radical (unpaired) electrons. The van der Waals surface area contributed by atoms with E-state index in [1.807, 2.05) is 30.3 Å². The maximum Gasteiger partial charge on any atom is 0.349 e. The first-order chi connectivity index (χ1) is 20.4. The maximum atomic E-state index is 13.3. The molecule has 1 amide bonds. The molecule has 4 rings (SSSR count). The molecular weight excluding hydrogens is 536 g/mol. The van der Waals surface area contributed by atoms with Crippen LogP contribution in [-0.2, 0) is 19.1 Å². The van der Waals surface area contributed by atoms with Crippen LogP contribution in [0.5, 0.6) is 0 Å². The number of ether oxygens (including phenoxy) is 2. The van der Waals surface area contributed by atoms with Gasteiger partial charge in [0.05, 0.1) is 22.8 Å². The van der Waals surface area contributed by atoms with Crippen LogP contribution < -0.4 is 5.32 Å². The molecule has 208 valence electrons. The van der Waals surface area contributed by atoms with Crippen LogP contribution in [0.3, 0.4) is 0 Å². The molecule has 4 aromatic rings. The van der Waals surface area contributed by atoms with Crippen LogP contribution in [0.4, 0.5) is 5.69 Å². The highest BCUT2D eigenvalue weighted by atomic mass is 16.6. The van der Waals surface area contributed by atoms with E-state index in [1.54, 1.807) is 54.6 Å². The van der Waals surface area contributed by atoms with Crippen LogP contribution in [-0.4, -0.2) is 41.1 Å². The second kappa shape index (κ2) is 13.9. The quantitative estimate of drug-likeness (QED) is 0.153. The number of esters is 2. The number of carbonyl (C=O) groups excluding carboxylic acids is 3. The number of amides is 1. The zero-order valence-electron chi connectivity index (χ0n) is 22.0. The Balaban J connectivity index is 1.57. The standard InChI is InChI=1S/C33H24N2O7/c34-21-26(23-10-4-1-5-11-23)20-22-16-18-27(19-17-22)35-30(36)28(41-32(39)24-12-6-2-7-13-24)29(31(37)38)42-33(40)25-14-8-3-9-15-25/h1-20,28-29H,(H,35,36)(H,37,38)/b26-20+/t28-,29-/m1/s1. The van der Waals surface area contributed by atoms with Gasteiger partial charge in [0.2, 0.25) is 12.2 Å². The second-order valence-corrected chi connectivity index (χ2v) is 8.87. The van der Waals surface area contributed by atoms with Gasteiger partial charge in [-0.3, -0.25) is 4.79 Å². The zero-order chi connectivity index (χ0) is 29.9. The van der Waals surface area contributed by atoms with E-state index in [-0.39, 0.29) is 16.8 Å². The van der Waals surface area contributed by atoms with Gasteiger partial charge < -0.3 is 19.9 Å². The molecule has 0 aliphatic carbocycles. The average molecular weight is 561 g/mol. The molecule has 9 heteroatoms. The van der Waals surface area contributed by atoms with Crippen LogP contribution in [0.25, 0.3) is 11.6 Å². The van der Waals surface area contributed by atoms with Crippen LogP contribution in [0.15, 0.2) is 115 Å². The summed E-state index contributed by atoms with van der Waals surface area (Å²) in [5.74, 6) is -4.72. The number of anilines is 1. The number of carbonyl (C=O) groups is 4. The molecule has 2 N–H and O–H groups in total. The SMILES string of the molecule is N#C/C(=C\c1ccc(NC(=O)[C@H](OC(=O)c2ccccc2)[C@@H](OC(=O)c2ccccc2)C(=O)O)cc1)c1ccccc1. The van der Waals surface area contributed by atoms with E-state index >= 15 is 0 Å². The van der Waals surface area contributed by atoms with Crippen molar-refractivity contribution in [3.05, 3.63) is 138 Å². The molecule has 0 heterocycles. The fraction of sp³-hybridized carbons (Fsp3) is 0.0606. The van der Waals surface area contributed by atoms with E-state index in [4.69, 9.17) is 9.47 Å². The third kappa shape index (κ3) is 7.55. The lowest BCUT2D eigenvalue weighted by Crippen LogP contribution is -2.48. The van der Waals surface area contributed by atoms with Gasteiger partial charge in [-0.25, -0.2) is 14.4 Å². The predicted octanol–water partition coefficient (Wildman–Crippen LogP) is 5.23. The van der Waals surface area contributed by atoms with Crippen molar-refractivity contribution in [3.8, 4) is 6.07 Å². The molecular formula is C33H24N2O7. The van der Waals surface area contributed by atoms with E-state index < -0.39 is 36.0 Å². The van der Waals surface area contributed by atoms with Crippen LogP contribution in [0.1, 0.15) is 31.8 Å². The number of nitriles is 1. The summed E-state index contributed by atoms with van der Waals surface area (Å²) >= 11 is 0. The third-order valence-corrected chi connectivity index (χ3v) is 5.96. The lowest BCUT2D eigenvalue weighted by molar-refractivity contribution is -0.157. The van der Waals surface area contributed by atoms with Gasteiger partial charge in [-0.05, 0) is 53.6 Å². The summed E-state index contributed by atoms with van der Waals surface area (Å²) in [5, 5.41) is 22.0. The number of allylic oxidation sites excluding steroid dienone is 1. The molecule has 9 nitrogen and oxygen atoms in total. The minimum atomic E-state index is -2.16. The Labute approximate surface area is 241 Å². The van der Waals surface area contributed by atoms with Crippen molar-refractivity contribution in [2.24, 2.45) is 0 Å². The number of carboxylic acid groups (broad SMARTS) is 1. The van der Waals surface area contributed by atoms with Crippen molar-refractivity contribution in [1.82, 2.24) is 0 Å². The molecule has 0 spiro atoms. The van der Waals surface area contributed by atoms with Crippen molar-refractivity contribution in [1.29, 1.82) is 5.26 Å². The highest BCUT2D eigenvalue weighted by molar-refractivity contribution is 6.01. The van der Waals surface area contributed by atoms with E-state index in [0.29, 0.717) is 11.1 Å². The van der Waals surface area contributed by atoms with Gasteiger partial charge in [0.1, 0.15) is 0 Å². The molecule has 42 heavy (non-hydrogen) atoms. The minimum Gasteiger partial charge on any atom is -0.478 e. The highest BCUT2D eigenvalue weighted by Gasteiger charge is 2.41. The average Bonchev–Trinajstić information content (AvgIpc) is 3.03. The Bertz CT molecular complexity index is 1630. The monoisotopic (exact) mass is 560 g/mol. The van der Waals surface area contributed by atoms with Gasteiger partial charge >= 0.3 is 17.9 Å². The number of carboxylic acids is 1. The summed E-state index contributed by atoms with van der Waals surface area (Å²) in [6, 6.07) is 32.9. The van der Waals surface area contributed by atoms with Crippen molar-refractivity contribution in [2.75, 3.05) is 5.32 Å². The lowest BCUT2D eigenvalue weighted by Gasteiger charge is -2.23. The summed E-state index contributed by atoms with van der Waals surface area (Å²) in [7, 11) is 0. The predicted molar refractivity (Wildman–Crippen MR) is 154 cm³/mol. The van der Waals surface area contributed by atoms with Crippen molar-refractivity contribution < 1.29 is 33.8 Å². The Morgan fingerprint density at radius 2 is 1.12 bits per heavy atom. The van der Waals surface area contributed by atoms with Crippen LogP contribution in [0.2, 0.25) is 0 Å². The largest absolute Gasteiger partial charge is 0.478 e. The molecule has 0 saturated carbocycles. The molecule has 0 saturated heterocycles.